The van der Waals surface area contributed by atoms with Crippen molar-refractivity contribution < 1.29 is 4.79 Å². The molecule has 0 bridgehead atoms. The highest BCUT2D eigenvalue weighted by atomic mass is 16.2. The molecule has 88 valence electrons. The van der Waals surface area contributed by atoms with E-state index in [1.165, 1.54) is 5.56 Å². The van der Waals surface area contributed by atoms with Gasteiger partial charge < -0.3 is 11.1 Å². The maximum Gasteiger partial charge on any atom is 0.288 e. The van der Waals surface area contributed by atoms with E-state index in [4.69, 9.17) is 5.73 Å². The normalized spacial score (nSPS) is 10.2. The molecule has 0 saturated heterocycles. The van der Waals surface area contributed by atoms with Gasteiger partial charge in [-0.1, -0.05) is 29.8 Å². The first-order valence-electron chi connectivity index (χ1n) is 5.17. The zero-order valence-electron chi connectivity index (χ0n) is 9.40. The molecule has 1 amide bonds. The molecule has 6 nitrogen and oxygen atoms in total. The second-order valence-electron chi connectivity index (χ2n) is 3.71. The number of rotatable bonds is 3. The van der Waals surface area contributed by atoms with Crippen LogP contribution in [0.3, 0.4) is 0 Å². The van der Waals surface area contributed by atoms with Crippen molar-refractivity contribution in [1.82, 2.24) is 20.5 Å². The van der Waals surface area contributed by atoms with Gasteiger partial charge in [-0.3, -0.25) is 9.89 Å². The number of anilines is 1. The quantitative estimate of drug-likeness (QED) is 0.721. The first-order valence-corrected chi connectivity index (χ1v) is 5.17. The number of aryl methyl sites for hydroxylation is 1. The van der Waals surface area contributed by atoms with Crippen LogP contribution in [0, 0.1) is 6.92 Å². The van der Waals surface area contributed by atoms with Crippen LogP contribution < -0.4 is 11.1 Å². The third-order valence-corrected chi connectivity index (χ3v) is 2.29. The highest BCUT2D eigenvalue weighted by molar-refractivity contribution is 5.90. The first-order chi connectivity index (χ1) is 8.15. The van der Waals surface area contributed by atoms with Gasteiger partial charge in [0, 0.05) is 6.54 Å². The fourth-order valence-corrected chi connectivity index (χ4v) is 1.35. The van der Waals surface area contributed by atoms with Crippen molar-refractivity contribution in [2.75, 3.05) is 5.73 Å². The molecule has 17 heavy (non-hydrogen) atoms. The van der Waals surface area contributed by atoms with Crippen LogP contribution >= 0.6 is 0 Å². The van der Waals surface area contributed by atoms with Gasteiger partial charge in [-0.15, -0.1) is 5.10 Å². The lowest BCUT2D eigenvalue weighted by molar-refractivity contribution is 0.0941. The molecule has 1 aromatic heterocycles. The topological polar surface area (TPSA) is 96.7 Å². The molecular formula is C11H13N5O. The minimum Gasteiger partial charge on any atom is -0.366 e. The number of amides is 1. The molecule has 6 heteroatoms. The van der Waals surface area contributed by atoms with Gasteiger partial charge in [-0.25, -0.2) is 0 Å². The summed E-state index contributed by atoms with van der Waals surface area (Å²) < 4.78 is 0. The summed E-state index contributed by atoms with van der Waals surface area (Å²) in [6.07, 6.45) is 0. The standard InChI is InChI=1S/C11H13N5O/c1-7-2-4-8(5-3-7)6-13-10(17)9-14-11(12)16-15-9/h2-5H,6H2,1H3,(H,13,17)(H3,12,14,15,16). The third-order valence-electron chi connectivity index (χ3n) is 2.29. The van der Waals surface area contributed by atoms with E-state index in [0.717, 1.165) is 5.56 Å². The number of hydrogen-bond donors (Lipinski definition) is 3. The van der Waals surface area contributed by atoms with Crippen molar-refractivity contribution >= 4 is 11.9 Å². The van der Waals surface area contributed by atoms with E-state index in [1.54, 1.807) is 0 Å². The fraction of sp³-hybridized carbons (Fsp3) is 0.182. The Bertz CT molecular complexity index is 517. The average molecular weight is 231 g/mol. The molecule has 2 aromatic rings. The van der Waals surface area contributed by atoms with E-state index in [-0.39, 0.29) is 17.7 Å². The SMILES string of the molecule is Cc1ccc(CNC(=O)c2nc(N)n[nH]2)cc1. The lowest BCUT2D eigenvalue weighted by Gasteiger charge is -2.03. The van der Waals surface area contributed by atoms with E-state index in [9.17, 15) is 4.79 Å². The van der Waals surface area contributed by atoms with Crippen LogP contribution in [0.15, 0.2) is 24.3 Å². The summed E-state index contributed by atoms with van der Waals surface area (Å²) in [7, 11) is 0. The molecule has 0 atom stereocenters. The van der Waals surface area contributed by atoms with E-state index in [0.29, 0.717) is 6.54 Å². The molecule has 1 aromatic carbocycles. The van der Waals surface area contributed by atoms with Crippen molar-refractivity contribution in [3.8, 4) is 0 Å². The molecule has 4 N–H and O–H groups in total. The number of nitrogens with two attached hydrogens (primary N) is 1. The average Bonchev–Trinajstić information content (AvgIpc) is 2.75. The smallest absolute Gasteiger partial charge is 0.288 e. The largest absolute Gasteiger partial charge is 0.366 e. The van der Waals surface area contributed by atoms with E-state index < -0.39 is 0 Å². The summed E-state index contributed by atoms with van der Waals surface area (Å²) in [5.74, 6) is -0.144. The van der Waals surface area contributed by atoms with Gasteiger partial charge in [0.2, 0.25) is 11.8 Å². The van der Waals surface area contributed by atoms with Crippen molar-refractivity contribution in [3.63, 3.8) is 0 Å². The molecule has 0 aliphatic rings. The molecule has 0 radical (unpaired) electrons. The molecule has 0 aliphatic carbocycles. The Labute approximate surface area is 98.3 Å². The predicted octanol–water partition coefficient (Wildman–Crippen LogP) is 0.625. The molecule has 0 saturated carbocycles. The Balaban J connectivity index is 1.94. The maximum atomic E-state index is 11.6. The summed E-state index contributed by atoms with van der Waals surface area (Å²) in [6.45, 7) is 2.46. The monoisotopic (exact) mass is 231 g/mol. The molecule has 0 spiro atoms. The Morgan fingerprint density at radius 3 is 2.71 bits per heavy atom. The van der Waals surface area contributed by atoms with Gasteiger partial charge in [0.25, 0.3) is 5.91 Å². The van der Waals surface area contributed by atoms with Gasteiger partial charge in [0.1, 0.15) is 0 Å². The summed E-state index contributed by atoms with van der Waals surface area (Å²) in [4.78, 5) is 15.3. The van der Waals surface area contributed by atoms with Crippen LogP contribution in [0.25, 0.3) is 0 Å². The highest BCUT2D eigenvalue weighted by Crippen LogP contribution is 2.03. The van der Waals surface area contributed by atoms with Crippen molar-refractivity contribution in [3.05, 3.63) is 41.2 Å². The molecule has 0 aliphatic heterocycles. The Hall–Kier alpha value is -2.37. The number of nitrogens with one attached hydrogen (secondary N) is 2. The summed E-state index contributed by atoms with van der Waals surface area (Å²) in [6, 6.07) is 7.91. The lowest BCUT2D eigenvalue weighted by Crippen LogP contribution is -2.24. The molecular weight excluding hydrogens is 218 g/mol. The van der Waals surface area contributed by atoms with Gasteiger partial charge in [-0.05, 0) is 12.5 Å². The number of carbonyl (C=O) groups is 1. The Kier molecular flexibility index (Phi) is 3.04. The number of nitrogens with zero attached hydrogens (tertiary/aromatic N) is 2. The van der Waals surface area contributed by atoms with Gasteiger partial charge in [0.15, 0.2) is 0 Å². The number of aromatic amines is 1. The summed E-state index contributed by atoms with van der Waals surface area (Å²) >= 11 is 0. The minimum absolute atomic E-state index is 0.0606. The van der Waals surface area contributed by atoms with Crippen LogP contribution in [-0.4, -0.2) is 21.1 Å². The van der Waals surface area contributed by atoms with Crippen LogP contribution in [0.4, 0.5) is 5.95 Å². The van der Waals surface area contributed by atoms with Crippen molar-refractivity contribution in [2.24, 2.45) is 0 Å². The summed E-state index contributed by atoms with van der Waals surface area (Å²) in [5, 5.41) is 8.76. The lowest BCUT2D eigenvalue weighted by atomic mass is 10.1. The number of nitrogen functional groups attached to an aromatic ring is 1. The van der Waals surface area contributed by atoms with Crippen LogP contribution in [-0.2, 0) is 6.54 Å². The number of benzene rings is 1. The van der Waals surface area contributed by atoms with Crippen LogP contribution in [0.2, 0.25) is 0 Å². The number of aromatic nitrogens is 3. The second kappa shape index (κ2) is 4.65. The molecule has 0 unspecified atom stereocenters. The molecule has 0 fully saturated rings. The second-order valence-corrected chi connectivity index (χ2v) is 3.71. The van der Waals surface area contributed by atoms with E-state index >= 15 is 0 Å². The van der Waals surface area contributed by atoms with E-state index in [2.05, 4.69) is 20.5 Å². The Morgan fingerprint density at radius 1 is 1.41 bits per heavy atom. The highest BCUT2D eigenvalue weighted by Gasteiger charge is 2.09. The maximum absolute atomic E-state index is 11.6. The zero-order valence-corrected chi connectivity index (χ0v) is 9.40. The van der Waals surface area contributed by atoms with Gasteiger partial charge >= 0.3 is 0 Å². The molecule has 2 rings (SSSR count). The minimum atomic E-state index is -0.324. The van der Waals surface area contributed by atoms with Crippen molar-refractivity contribution in [2.45, 2.75) is 13.5 Å². The Morgan fingerprint density at radius 2 is 2.12 bits per heavy atom. The van der Waals surface area contributed by atoms with E-state index in [1.807, 2.05) is 31.2 Å². The van der Waals surface area contributed by atoms with Crippen LogP contribution in [0.1, 0.15) is 21.7 Å². The number of hydrogen-bond acceptors (Lipinski definition) is 4. The fourth-order valence-electron chi connectivity index (χ4n) is 1.35. The summed E-state index contributed by atoms with van der Waals surface area (Å²) in [5.41, 5.74) is 7.51. The zero-order chi connectivity index (χ0) is 12.3. The predicted molar refractivity (Wildman–Crippen MR) is 63.1 cm³/mol. The third kappa shape index (κ3) is 2.81. The van der Waals surface area contributed by atoms with Crippen LogP contribution in [0.5, 0.6) is 0 Å². The number of carbonyl (C=O) groups excluding carboxylic acids is 1. The van der Waals surface area contributed by atoms with Gasteiger partial charge in [-0.2, -0.15) is 4.98 Å². The number of H-pyrrole nitrogens is 1. The van der Waals surface area contributed by atoms with Gasteiger partial charge in [0.05, 0.1) is 0 Å². The molecule has 1 heterocycles. The van der Waals surface area contributed by atoms with Crippen molar-refractivity contribution in [1.29, 1.82) is 0 Å². The first kappa shape index (κ1) is 11.1.